The second-order valence-electron chi connectivity index (χ2n) is 3.36. The molecule has 0 unspecified atom stereocenters. The molecular weight excluding hydrogens is 264 g/mol. The van der Waals surface area contributed by atoms with Crippen LogP contribution in [0.4, 0.5) is 8.78 Å². The van der Waals surface area contributed by atoms with Crippen LogP contribution in [0.3, 0.4) is 0 Å². The number of hydrogen-bond donors (Lipinski definition) is 0. The number of ether oxygens (including phenoxy) is 1. The standard InChI is InChI=1S/C12H10ClF2NO2/c1-2-18-12(17)9-4-7(11(14)15)3-8(6-16)10(9)5-13/h3-4,11H,2,5H2,1H3. The quantitative estimate of drug-likeness (QED) is 0.624. The molecule has 0 amide bonds. The van der Waals surface area contributed by atoms with E-state index in [1.807, 2.05) is 0 Å². The van der Waals surface area contributed by atoms with E-state index in [2.05, 4.69) is 0 Å². The van der Waals surface area contributed by atoms with Gasteiger partial charge in [0.2, 0.25) is 0 Å². The highest BCUT2D eigenvalue weighted by atomic mass is 35.5. The topological polar surface area (TPSA) is 50.1 Å². The van der Waals surface area contributed by atoms with Crippen molar-refractivity contribution >= 4 is 17.6 Å². The maximum Gasteiger partial charge on any atom is 0.338 e. The Morgan fingerprint density at radius 2 is 2.22 bits per heavy atom. The van der Waals surface area contributed by atoms with Crippen molar-refractivity contribution in [1.29, 1.82) is 5.26 Å². The molecule has 0 saturated carbocycles. The first kappa shape index (κ1) is 14.4. The van der Waals surface area contributed by atoms with Crippen molar-refractivity contribution in [2.75, 3.05) is 6.61 Å². The molecular formula is C12H10ClF2NO2. The largest absolute Gasteiger partial charge is 0.462 e. The van der Waals surface area contributed by atoms with Crippen molar-refractivity contribution in [3.05, 3.63) is 34.4 Å². The highest BCUT2D eigenvalue weighted by Crippen LogP contribution is 2.26. The van der Waals surface area contributed by atoms with Crippen LogP contribution in [0.5, 0.6) is 0 Å². The van der Waals surface area contributed by atoms with Gasteiger partial charge in [0.15, 0.2) is 0 Å². The maximum absolute atomic E-state index is 12.7. The maximum atomic E-state index is 12.7. The number of nitriles is 1. The van der Waals surface area contributed by atoms with Crippen LogP contribution in [0, 0.1) is 11.3 Å². The van der Waals surface area contributed by atoms with Gasteiger partial charge in [0.25, 0.3) is 6.43 Å². The number of carbonyl (C=O) groups excluding carboxylic acids is 1. The van der Waals surface area contributed by atoms with E-state index in [1.54, 1.807) is 13.0 Å². The summed E-state index contributed by atoms with van der Waals surface area (Å²) >= 11 is 5.65. The van der Waals surface area contributed by atoms with Gasteiger partial charge < -0.3 is 4.74 Å². The van der Waals surface area contributed by atoms with Crippen LogP contribution in [-0.4, -0.2) is 12.6 Å². The van der Waals surface area contributed by atoms with Gasteiger partial charge in [-0.3, -0.25) is 0 Å². The summed E-state index contributed by atoms with van der Waals surface area (Å²) in [5.41, 5.74) is -0.308. The summed E-state index contributed by atoms with van der Waals surface area (Å²) < 4.78 is 30.1. The molecule has 0 saturated heterocycles. The lowest BCUT2D eigenvalue weighted by molar-refractivity contribution is 0.0525. The number of nitrogens with zero attached hydrogens (tertiary/aromatic N) is 1. The third-order valence-electron chi connectivity index (χ3n) is 2.27. The van der Waals surface area contributed by atoms with Gasteiger partial charge in [-0.05, 0) is 24.6 Å². The van der Waals surface area contributed by atoms with Gasteiger partial charge in [-0.25, -0.2) is 13.6 Å². The lowest BCUT2D eigenvalue weighted by atomic mass is 9.99. The number of hydrogen-bond acceptors (Lipinski definition) is 3. The van der Waals surface area contributed by atoms with Gasteiger partial charge in [0.05, 0.1) is 23.8 Å². The molecule has 0 bridgehead atoms. The van der Waals surface area contributed by atoms with E-state index in [9.17, 15) is 13.6 Å². The Kier molecular flexibility index (Phi) is 5.05. The molecule has 1 aromatic carbocycles. The lowest BCUT2D eigenvalue weighted by Gasteiger charge is -2.11. The van der Waals surface area contributed by atoms with Crippen molar-refractivity contribution < 1.29 is 18.3 Å². The molecule has 6 heteroatoms. The molecule has 1 aromatic rings. The molecule has 0 aliphatic carbocycles. The van der Waals surface area contributed by atoms with E-state index < -0.39 is 18.0 Å². The SMILES string of the molecule is CCOC(=O)c1cc(C(F)F)cc(C#N)c1CCl. The van der Waals surface area contributed by atoms with E-state index in [1.165, 1.54) is 0 Å². The summed E-state index contributed by atoms with van der Waals surface area (Å²) in [7, 11) is 0. The Morgan fingerprint density at radius 1 is 1.56 bits per heavy atom. The molecule has 3 nitrogen and oxygen atoms in total. The Balaban J connectivity index is 3.41. The van der Waals surface area contributed by atoms with Gasteiger partial charge in [0, 0.05) is 11.4 Å². The highest BCUT2D eigenvalue weighted by molar-refractivity contribution is 6.18. The fourth-order valence-corrected chi connectivity index (χ4v) is 1.74. The number of alkyl halides is 3. The summed E-state index contributed by atoms with van der Waals surface area (Å²) in [6.07, 6.45) is -2.77. The molecule has 0 radical (unpaired) electrons. The molecule has 18 heavy (non-hydrogen) atoms. The third kappa shape index (κ3) is 2.96. The Labute approximate surface area is 108 Å². The molecule has 0 heterocycles. The molecule has 0 aliphatic heterocycles. The summed E-state index contributed by atoms with van der Waals surface area (Å²) in [6, 6.07) is 3.80. The first-order valence-corrected chi connectivity index (χ1v) is 5.66. The normalized spacial score (nSPS) is 10.2. The van der Waals surface area contributed by atoms with E-state index in [4.69, 9.17) is 21.6 Å². The molecule has 0 aliphatic rings. The van der Waals surface area contributed by atoms with Crippen molar-refractivity contribution in [1.82, 2.24) is 0 Å². The van der Waals surface area contributed by atoms with Crippen molar-refractivity contribution in [3.63, 3.8) is 0 Å². The van der Waals surface area contributed by atoms with Crippen LogP contribution < -0.4 is 0 Å². The molecule has 0 fully saturated rings. The summed E-state index contributed by atoms with van der Waals surface area (Å²) in [5.74, 6) is -0.882. The van der Waals surface area contributed by atoms with Gasteiger partial charge in [-0.1, -0.05) is 0 Å². The number of rotatable bonds is 4. The van der Waals surface area contributed by atoms with Crippen molar-refractivity contribution in [2.45, 2.75) is 19.2 Å². The van der Waals surface area contributed by atoms with Gasteiger partial charge in [0.1, 0.15) is 0 Å². The smallest absolute Gasteiger partial charge is 0.338 e. The van der Waals surface area contributed by atoms with Crippen LogP contribution in [0.1, 0.15) is 40.4 Å². The average molecular weight is 274 g/mol. The fourth-order valence-electron chi connectivity index (χ4n) is 1.45. The molecule has 1 rings (SSSR count). The van der Waals surface area contributed by atoms with E-state index in [0.717, 1.165) is 12.1 Å². The summed E-state index contributed by atoms with van der Waals surface area (Å²) in [4.78, 5) is 11.6. The lowest BCUT2D eigenvalue weighted by Crippen LogP contribution is -2.10. The first-order chi connectivity index (χ1) is 8.54. The number of carbonyl (C=O) groups is 1. The van der Waals surface area contributed by atoms with E-state index >= 15 is 0 Å². The molecule has 0 spiro atoms. The minimum Gasteiger partial charge on any atom is -0.462 e. The van der Waals surface area contributed by atoms with Gasteiger partial charge in [-0.2, -0.15) is 5.26 Å². The zero-order chi connectivity index (χ0) is 13.7. The van der Waals surface area contributed by atoms with Crippen LogP contribution in [-0.2, 0) is 10.6 Å². The second-order valence-corrected chi connectivity index (χ2v) is 3.63. The van der Waals surface area contributed by atoms with E-state index in [-0.39, 0.29) is 29.2 Å². The predicted molar refractivity (Wildman–Crippen MR) is 61.6 cm³/mol. The molecule has 0 N–H and O–H groups in total. The third-order valence-corrected chi connectivity index (χ3v) is 2.54. The van der Waals surface area contributed by atoms with Crippen LogP contribution in [0.2, 0.25) is 0 Å². The van der Waals surface area contributed by atoms with Crippen LogP contribution in [0.15, 0.2) is 12.1 Å². The van der Waals surface area contributed by atoms with Gasteiger partial charge in [-0.15, -0.1) is 11.6 Å². The number of halogens is 3. The number of benzene rings is 1. The average Bonchev–Trinajstić information content (AvgIpc) is 2.37. The Bertz CT molecular complexity index is 498. The zero-order valence-corrected chi connectivity index (χ0v) is 10.3. The Morgan fingerprint density at radius 3 is 2.67 bits per heavy atom. The molecule has 96 valence electrons. The zero-order valence-electron chi connectivity index (χ0n) is 9.54. The van der Waals surface area contributed by atoms with E-state index in [0.29, 0.717) is 0 Å². The summed E-state index contributed by atoms with van der Waals surface area (Å²) in [6.45, 7) is 1.71. The first-order valence-electron chi connectivity index (χ1n) is 5.13. The molecule has 0 aromatic heterocycles. The minimum absolute atomic E-state index is 0.0362. The van der Waals surface area contributed by atoms with Crippen molar-refractivity contribution in [2.24, 2.45) is 0 Å². The van der Waals surface area contributed by atoms with Crippen molar-refractivity contribution in [3.8, 4) is 6.07 Å². The fraction of sp³-hybridized carbons (Fsp3) is 0.333. The highest BCUT2D eigenvalue weighted by Gasteiger charge is 2.20. The van der Waals surface area contributed by atoms with Crippen LogP contribution in [0.25, 0.3) is 0 Å². The Hall–Kier alpha value is -1.67. The predicted octanol–water partition coefficient (Wildman–Crippen LogP) is 3.41. The molecule has 0 atom stereocenters. The summed E-state index contributed by atoms with van der Waals surface area (Å²) in [5, 5.41) is 8.89. The minimum atomic E-state index is -2.77. The van der Waals surface area contributed by atoms with Gasteiger partial charge >= 0.3 is 5.97 Å². The van der Waals surface area contributed by atoms with Crippen LogP contribution >= 0.6 is 11.6 Å². The second kappa shape index (κ2) is 6.31. The monoisotopic (exact) mass is 273 g/mol. The number of esters is 1.